The van der Waals surface area contributed by atoms with E-state index in [4.69, 9.17) is 30.7 Å². The highest BCUT2D eigenvalue weighted by Crippen LogP contribution is 2.47. The van der Waals surface area contributed by atoms with Crippen LogP contribution in [0.4, 0.5) is 10.2 Å². The third-order valence-corrected chi connectivity index (χ3v) is 7.38. The van der Waals surface area contributed by atoms with Gasteiger partial charge in [0, 0.05) is 0 Å². The van der Waals surface area contributed by atoms with Crippen LogP contribution >= 0.6 is 7.75 Å². The number of aromatic nitrogens is 4. The van der Waals surface area contributed by atoms with E-state index in [-0.39, 0.29) is 22.7 Å². The van der Waals surface area contributed by atoms with Crippen LogP contribution in [-0.4, -0.2) is 67.2 Å². The molecule has 13 nitrogen and oxygen atoms in total. The summed E-state index contributed by atoms with van der Waals surface area (Å²) in [6.45, 7) is 4.04. The Bertz CT molecular complexity index is 1420. The lowest BCUT2D eigenvalue weighted by atomic mass is 9.96. The smallest absolute Gasteiger partial charge is 0.459 e. The molecule has 4 N–H and O–H groups in total. The number of carbonyl (C=O) groups excluding carboxylic acids is 1. The first-order valence-electron chi connectivity index (χ1n) is 11.9. The lowest BCUT2D eigenvalue weighted by Crippen LogP contribution is -2.43. The minimum atomic E-state index is -4.34. The van der Waals surface area contributed by atoms with Gasteiger partial charge in [0.1, 0.15) is 29.7 Å². The molecule has 0 radical (unpaired) electrons. The molecule has 6 atom stereocenters. The first kappa shape index (κ1) is 28.4. The number of esters is 1. The quantitative estimate of drug-likeness (QED) is 0.187. The van der Waals surface area contributed by atoms with Crippen LogP contribution in [0.2, 0.25) is 0 Å². The summed E-state index contributed by atoms with van der Waals surface area (Å²) in [4.78, 5) is 24.4. The Labute approximate surface area is 223 Å². The van der Waals surface area contributed by atoms with Gasteiger partial charge in [-0.2, -0.15) is 5.09 Å². The SMILES string of the molecule is C#C[C@@]1(O)[C@H](F)[C@@H](CO[P@@](=O)(N[C@@H](C)C(=O)OC(C)C)Oc2ccccc2)O[C@H]1n1cnc2c(N)ncnc21. The number of terminal acetylenes is 1. The Morgan fingerprint density at radius 2 is 2.05 bits per heavy atom. The molecule has 15 heteroatoms. The Morgan fingerprint density at radius 1 is 1.33 bits per heavy atom. The minimum Gasteiger partial charge on any atom is -0.462 e. The van der Waals surface area contributed by atoms with E-state index in [1.165, 1.54) is 36.3 Å². The molecular formula is C24H28FN6O7P. The predicted octanol–water partition coefficient (Wildman–Crippen LogP) is 2.14. The van der Waals surface area contributed by atoms with Crippen molar-refractivity contribution >= 4 is 30.7 Å². The number of halogens is 1. The molecule has 0 amide bonds. The molecule has 208 valence electrons. The predicted molar refractivity (Wildman–Crippen MR) is 137 cm³/mol. The lowest BCUT2D eigenvalue weighted by Gasteiger charge is -2.25. The van der Waals surface area contributed by atoms with E-state index in [9.17, 15) is 14.5 Å². The third kappa shape index (κ3) is 5.88. The van der Waals surface area contributed by atoms with Crippen LogP contribution in [0.25, 0.3) is 11.2 Å². The first-order valence-corrected chi connectivity index (χ1v) is 13.4. The number of hydrogen-bond donors (Lipinski definition) is 3. The van der Waals surface area contributed by atoms with Crippen molar-refractivity contribution in [3.05, 3.63) is 43.0 Å². The molecule has 1 aliphatic heterocycles. The van der Waals surface area contributed by atoms with Crippen molar-refractivity contribution in [1.29, 1.82) is 0 Å². The summed E-state index contributed by atoms with van der Waals surface area (Å²) >= 11 is 0. The Hall–Kier alpha value is -3.60. The highest BCUT2D eigenvalue weighted by atomic mass is 31.2. The average Bonchev–Trinajstić information content (AvgIpc) is 3.43. The summed E-state index contributed by atoms with van der Waals surface area (Å²) in [7, 11) is -4.34. The number of nitrogens with zero attached hydrogens (tertiary/aromatic N) is 4. The summed E-state index contributed by atoms with van der Waals surface area (Å²) in [6, 6.07) is 6.90. The Kier molecular flexibility index (Phi) is 8.20. The van der Waals surface area contributed by atoms with Crippen LogP contribution in [0.15, 0.2) is 43.0 Å². The highest BCUT2D eigenvalue weighted by Gasteiger charge is 2.58. The van der Waals surface area contributed by atoms with E-state index in [1.54, 1.807) is 32.0 Å². The first-order chi connectivity index (χ1) is 18.5. The molecule has 39 heavy (non-hydrogen) atoms. The third-order valence-electron chi connectivity index (χ3n) is 5.73. The fourth-order valence-electron chi connectivity index (χ4n) is 3.86. The van der Waals surface area contributed by atoms with E-state index in [2.05, 4.69) is 20.0 Å². The number of fused-ring (bicyclic) bond motifs is 1. The summed E-state index contributed by atoms with van der Waals surface area (Å²) in [6.07, 6.45) is 2.29. The van der Waals surface area contributed by atoms with Crippen molar-refractivity contribution in [1.82, 2.24) is 24.6 Å². The number of hydrogen-bond acceptors (Lipinski definition) is 11. The van der Waals surface area contributed by atoms with Crippen LogP contribution in [0.5, 0.6) is 5.75 Å². The van der Waals surface area contributed by atoms with Crippen molar-refractivity contribution < 1.29 is 37.4 Å². The van der Waals surface area contributed by atoms with Gasteiger partial charge in [-0.1, -0.05) is 24.1 Å². The van der Waals surface area contributed by atoms with E-state index < -0.39 is 56.6 Å². The van der Waals surface area contributed by atoms with Crippen molar-refractivity contribution in [2.75, 3.05) is 12.3 Å². The maximum Gasteiger partial charge on any atom is 0.459 e. The standard InChI is InChI=1S/C24H28FN6O7P/c1-5-24(33)19(25)17(37-23(24)31-13-29-18-20(26)27-12-28-21(18)31)11-35-39(34,38-16-9-7-6-8-10-16)30-15(4)22(32)36-14(2)3/h1,6-10,12-15,17,19,23,33H,11H2,2-4H3,(H,30,34)(H2,26,27,28)/t15-,17+,19+,23+,24+,39-/m0/s1. The average molecular weight is 562 g/mol. The molecule has 1 saturated heterocycles. The van der Waals surface area contributed by atoms with Crippen LogP contribution in [-0.2, 0) is 23.4 Å². The summed E-state index contributed by atoms with van der Waals surface area (Å²) < 4.78 is 52.5. The topological polar surface area (TPSA) is 173 Å². The van der Waals surface area contributed by atoms with Crippen molar-refractivity contribution in [2.45, 2.75) is 57.0 Å². The van der Waals surface area contributed by atoms with Crippen molar-refractivity contribution in [3.63, 3.8) is 0 Å². The molecule has 1 fully saturated rings. The fourth-order valence-corrected chi connectivity index (χ4v) is 5.36. The van der Waals surface area contributed by atoms with Gasteiger partial charge in [-0.05, 0) is 32.9 Å². The number of ether oxygens (including phenoxy) is 2. The van der Waals surface area contributed by atoms with Crippen LogP contribution < -0.4 is 15.3 Å². The maximum atomic E-state index is 15.6. The number of aliphatic hydroxyl groups is 1. The van der Waals surface area contributed by atoms with Gasteiger partial charge in [0.2, 0.25) is 5.60 Å². The lowest BCUT2D eigenvalue weighted by molar-refractivity contribution is -0.149. The number of nitrogens with one attached hydrogen (secondary N) is 1. The number of rotatable bonds is 10. The maximum absolute atomic E-state index is 15.6. The Morgan fingerprint density at radius 3 is 2.72 bits per heavy atom. The van der Waals surface area contributed by atoms with E-state index in [0.29, 0.717) is 0 Å². The summed E-state index contributed by atoms with van der Waals surface area (Å²) in [5, 5.41) is 13.6. The number of imidazole rings is 1. The second kappa shape index (κ2) is 11.3. The number of alkyl halides is 1. The molecule has 1 aromatic carbocycles. The molecular weight excluding hydrogens is 534 g/mol. The normalized spacial score (nSPS) is 25.2. The summed E-state index contributed by atoms with van der Waals surface area (Å²) in [5.74, 6) is 1.55. The van der Waals surface area contributed by atoms with Gasteiger partial charge in [0.05, 0.1) is 19.0 Å². The number of para-hydroxylation sites is 1. The number of carbonyl (C=O) groups is 1. The molecule has 3 aromatic rings. The van der Waals surface area contributed by atoms with E-state index >= 15 is 4.39 Å². The molecule has 0 unspecified atom stereocenters. The second-order valence-electron chi connectivity index (χ2n) is 9.02. The molecule has 2 aromatic heterocycles. The van der Waals surface area contributed by atoms with Crippen LogP contribution in [0, 0.1) is 12.3 Å². The zero-order chi connectivity index (χ0) is 28.4. The van der Waals surface area contributed by atoms with Gasteiger partial charge in [-0.3, -0.25) is 13.9 Å². The van der Waals surface area contributed by atoms with Gasteiger partial charge in [0.15, 0.2) is 23.9 Å². The molecule has 4 rings (SSSR count). The molecule has 0 saturated carbocycles. The van der Waals surface area contributed by atoms with E-state index in [0.717, 1.165) is 0 Å². The van der Waals surface area contributed by atoms with Crippen molar-refractivity contribution in [3.8, 4) is 18.1 Å². The van der Waals surface area contributed by atoms with Crippen molar-refractivity contribution in [2.24, 2.45) is 0 Å². The largest absolute Gasteiger partial charge is 0.462 e. The zero-order valence-corrected chi connectivity index (χ0v) is 22.2. The Balaban J connectivity index is 1.57. The second-order valence-corrected chi connectivity index (χ2v) is 10.7. The van der Waals surface area contributed by atoms with E-state index in [1.807, 2.05) is 5.92 Å². The monoisotopic (exact) mass is 562 g/mol. The number of anilines is 1. The molecule has 1 aliphatic rings. The number of nitrogen functional groups attached to an aromatic ring is 1. The van der Waals surface area contributed by atoms with Crippen LogP contribution in [0.3, 0.4) is 0 Å². The highest BCUT2D eigenvalue weighted by molar-refractivity contribution is 7.52. The minimum absolute atomic E-state index is 0.0628. The zero-order valence-electron chi connectivity index (χ0n) is 21.3. The van der Waals surface area contributed by atoms with Gasteiger partial charge in [-0.15, -0.1) is 6.42 Å². The van der Waals surface area contributed by atoms with Gasteiger partial charge < -0.3 is 24.8 Å². The fraction of sp³-hybridized carbons (Fsp3) is 0.417. The number of benzene rings is 1. The van der Waals surface area contributed by atoms with Gasteiger partial charge >= 0.3 is 13.7 Å². The van der Waals surface area contributed by atoms with Gasteiger partial charge in [-0.25, -0.2) is 23.9 Å². The van der Waals surface area contributed by atoms with Gasteiger partial charge in [0.25, 0.3) is 0 Å². The molecule has 0 bridgehead atoms. The number of nitrogens with two attached hydrogens (primary N) is 1. The molecule has 3 heterocycles. The molecule has 0 spiro atoms. The molecule has 0 aliphatic carbocycles. The van der Waals surface area contributed by atoms with Crippen LogP contribution in [0.1, 0.15) is 27.0 Å². The summed E-state index contributed by atoms with van der Waals surface area (Å²) in [5.41, 5.74) is 3.68.